The fraction of sp³-hybridized carbons (Fsp3) is 0.333. The molecule has 0 aliphatic rings. The Kier molecular flexibility index (Phi) is 4.92. The van der Waals surface area contributed by atoms with E-state index in [9.17, 15) is 0 Å². The predicted octanol–water partition coefficient (Wildman–Crippen LogP) is 2.53. The minimum absolute atomic E-state index is 0.443. The highest BCUT2D eigenvalue weighted by atomic mass is 35.5. The van der Waals surface area contributed by atoms with Gasteiger partial charge in [0, 0.05) is 18.0 Å². The highest BCUT2D eigenvalue weighted by molar-refractivity contribution is 7.11. The van der Waals surface area contributed by atoms with E-state index in [-0.39, 0.29) is 0 Å². The Morgan fingerprint density at radius 3 is 2.67 bits per heavy atom. The normalized spacial score (nSPS) is 10.6. The molecule has 1 N–H and O–H groups in total. The van der Waals surface area contributed by atoms with Crippen LogP contribution in [0.1, 0.15) is 10.0 Å². The quantitative estimate of drug-likeness (QED) is 0.885. The molecule has 18 heavy (non-hydrogen) atoms. The molecule has 6 heteroatoms. The third-order valence-electron chi connectivity index (χ3n) is 2.27. The van der Waals surface area contributed by atoms with Crippen molar-refractivity contribution in [3.63, 3.8) is 0 Å². The minimum Gasteiger partial charge on any atom is -0.486 e. The van der Waals surface area contributed by atoms with E-state index in [0.717, 1.165) is 28.7 Å². The number of likely N-dealkylation sites (N-methyl/N-ethyl adjacent to an activating group) is 1. The molecular weight excluding hydrogens is 270 g/mol. The molecular formula is C12H14ClN3OS. The van der Waals surface area contributed by atoms with Crippen LogP contribution in [0.2, 0.25) is 5.02 Å². The second-order valence-electron chi connectivity index (χ2n) is 3.69. The van der Waals surface area contributed by atoms with E-state index in [0.29, 0.717) is 11.6 Å². The van der Waals surface area contributed by atoms with E-state index in [1.165, 1.54) is 0 Å². The molecule has 1 aromatic carbocycles. The molecule has 96 valence electrons. The van der Waals surface area contributed by atoms with Gasteiger partial charge in [0.25, 0.3) is 0 Å². The van der Waals surface area contributed by atoms with E-state index in [4.69, 9.17) is 16.3 Å². The molecule has 0 radical (unpaired) electrons. The van der Waals surface area contributed by atoms with Gasteiger partial charge in [0.05, 0.1) is 0 Å². The second kappa shape index (κ2) is 6.68. The van der Waals surface area contributed by atoms with Crippen LogP contribution in [0.15, 0.2) is 24.3 Å². The molecule has 2 rings (SSSR count). The molecule has 0 unspecified atom stereocenters. The molecule has 0 amide bonds. The maximum atomic E-state index is 5.80. The van der Waals surface area contributed by atoms with E-state index in [1.54, 1.807) is 23.5 Å². The fourth-order valence-electron chi connectivity index (χ4n) is 1.36. The first-order chi connectivity index (χ1) is 8.78. The summed E-state index contributed by atoms with van der Waals surface area (Å²) in [6, 6.07) is 7.28. The van der Waals surface area contributed by atoms with Gasteiger partial charge in [-0.05, 0) is 31.3 Å². The average molecular weight is 284 g/mol. The standard InChI is InChI=1S/C12H14ClN3OS/c1-14-7-6-11-15-16-12(18-11)8-17-10-4-2-9(13)3-5-10/h2-5,14H,6-8H2,1H3. The predicted molar refractivity (Wildman–Crippen MR) is 73.3 cm³/mol. The number of hydrogen-bond acceptors (Lipinski definition) is 5. The number of rotatable bonds is 6. The Morgan fingerprint density at radius 2 is 1.94 bits per heavy atom. The second-order valence-corrected chi connectivity index (χ2v) is 5.27. The molecule has 0 aliphatic carbocycles. The highest BCUT2D eigenvalue weighted by Crippen LogP contribution is 2.18. The Bertz CT molecular complexity index is 486. The summed E-state index contributed by atoms with van der Waals surface area (Å²) in [6.45, 7) is 1.35. The molecule has 1 aromatic heterocycles. The van der Waals surface area contributed by atoms with Gasteiger partial charge in [0.1, 0.15) is 17.4 Å². The molecule has 0 fully saturated rings. The van der Waals surface area contributed by atoms with Gasteiger partial charge in [0.15, 0.2) is 5.01 Å². The van der Waals surface area contributed by atoms with Crippen molar-refractivity contribution in [3.8, 4) is 5.75 Å². The van der Waals surface area contributed by atoms with Crippen molar-refractivity contribution in [2.45, 2.75) is 13.0 Å². The zero-order valence-corrected chi connectivity index (χ0v) is 11.6. The molecule has 0 saturated carbocycles. The number of ether oxygens (including phenoxy) is 1. The van der Waals surface area contributed by atoms with Crippen molar-refractivity contribution in [1.82, 2.24) is 15.5 Å². The first-order valence-electron chi connectivity index (χ1n) is 5.62. The fourth-order valence-corrected chi connectivity index (χ4v) is 2.24. The third kappa shape index (κ3) is 3.94. The summed E-state index contributed by atoms with van der Waals surface area (Å²) in [5.74, 6) is 0.784. The summed E-state index contributed by atoms with van der Waals surface area (Å²) in [5, 5.41) is 13.9. The van der Waals surface area contributed by atoms with E-state index >= 15 is 0 Å². The first kappa shape index (κ1) is 13.3. The molecule has 0 atom stereocenters. The van der Waals surface area contributed by atoms with Gasteiger partial charge in [-0.1, -0.05) is 22.9 Å². The SMILES string of the molecule is CNCCc1nnc(COc2ccc(Cl)cc2)s1. The third-order valence-corrected chi connectivity index (χ3v) is 3.48. The molecule has 0 bridgehead atoms. The summed E-state index contributed by atoms with van der Waals surface area (Å²) in [5.41, 5.74) is 0. The maximum absolute atomic E-state index is 5.80. The summed E-state index contributed by atoms with van der Waals surface area (Å²) >= 11 is 7.38. The van der Waals surface area contributed by atoms with Crippen LogP contribution >= 0.6 is 22.9 Å². The van der Waals surface area contributed by atoms with Gasteiger partial charge < -0.3 is 10.1 Å². The van der Waals surface area contributed by atoms with Gasteiger partial charge in [-0.25, -0.2) is 0 Å². The topological polar surface area (TPSA) is 47.0 Å². The Hall–Kier alpha value is -1.17. The minimum atomic E-state index is 0.443. The summed E-state index contributed by atoms with van der Waals surface area (Å²) in [4.78, 5) is 0. The van der Waals surface area contributed by atoms with Crippen LogP contribution < -0.4 is 10.1 Å². The van der Waals surface area contributed by atoms with Crippen LogP contribution in [0.5, 0.6) is 5.75 Å². The largest absolute Gasteiger partial charge is 0.486 e. The Balaban J connectivity index is 1.86. The van der Waals surface area contributed by atoms with Gasteiger partial charge in [-0.3, -0.25) is 0 Å². The van der Waals surface area contributed by atoms with Crippen molar-refractivity contribution >= 4 is 22.9 Å². The van der Waals surface area contributed by atoms with Crippen molar-refractivity contribution in [3.05, 3.63) is 39.3 Å². The Labute approximate surface area is 115 Å². The van der Waals surface area contributed by atoms with Crippen molar-refractivity contribution in [2.24, 2.45) is 0 Å². The molecule has 0 aliphatic heterocycles. The maximum Gasteiger partial charge on any atom is 0.155 e. The highest BCUT2D eigenvalue weighted by Gasteiger charge is 2.04. The van der Waals surface area contributed by atoms with Crippen LogP contribution in [-0.2, 0) is 13.0 Å². The van der Waals surface area contributed by atoms with E-state index < -0.39 is 0 Å². The van der Waals surface area contributed by atoms with E-state index in [2.05, 4.69) is 15.5 Å². The lowest BCUT2D eigenvalue weighted by Gasteiger charge is -2.02. The molecule has 0 saturated heterocycles. The number of halogens is 1. The lowest BCUT2D eigenvalue weighted by atomic mass is 10.3. The summed E-state index contributed by atoms with van der Waals surface area (Å²) in [6.07, 6.45) is 0.898. The number of hydrogen-bond donors (Lipinski definition) is 1. The molecule has 1 heterocycles. The number of nitrogens with one attached hydrogen (secondary N) is 1. The lowest BCUT2D eigenvalue weighted by Crippen LogP contribution is -2.09. The summed E-state index contributed by atoms with van der Waals surface area (Å²) < 4.78 is 5.60. The number of nitrogens with zero attached hydrogens (tertiary/aromatic N) is 2. The van der Waals surface area contributed by atoms with Gasteiger partial charge >= 0.3 is 0 Å². The number of aromatic nitrogens is 2. The van der Waals surface area contributed by atoms with Gasteiger partial charge in [-0.2, -0.15) is 0 Å². The monoisotopic (exact) mass is 283 g/mol. The van der Waals surface area contributed by atoms with E-state index in [1.807, 2.05) is 19.2 Å². The molecule has 4 nitrogen and oxygen atoms in total. The smallest absolute Gasteiger partial charge is 0.155 e. The zero-order valence-electron chi connectivity index (χ0n) is 10.0. The Morgan fingerprint density at radius 1 is 1.22 bits per heavy atom. The van der Waals surface area contributed by atoms with Crippen LogP contribution in [0.25, 0.3) is 0 Å². The van der Waals surface area contributed by atoms with Crippen molar-refractivity contribution in [1.29, 1.82) is 0 Å². The zero-order chi connectivity index (χ0) is 12.8. The van der Waals surface area contributed by atoms with Crippen LogP contribution in [0, 0.1) is 0 Å². The van der Waals surface area contributed by atoms with Crippen LogP contribution in [0.4, 0.5) is 0 Å². The average Bonchev–Trinajstić information content (AvgIpc) is 2.84. The van der Waals surface area contributed by atoms with Crippen molar-refractivity contribution < 1.29 is 4.74 Å². The summed E-state index contributed by atoms with van der Waals surface area (Å²) in [7, 11) is 1.92. The number of benzene rings is 1. The molecule has 0 spiro atoms. The van der Waals surface area contributed by atoms with Crippen LogP contribution in [-0.4, -0.2) is 23.8 Å². The first-order valence-corrected chi connectivity index (χ1v) is 6.81. The van der Waals surface area contributed by atoms with Gasteiger partial charge in [-0.15, -0.1) is 10.2 Å². The van der Waals surface area contributed by atoms with Crippen LogP contribution in [0.3, 0.4) is 0 Å². The van der Waals surface area contributed by atoms with Gasteiger partial charge in [0.2, 0.25) is 0 Å². The lowest BCUT2D eigenvalue weighted by molar-refractivity contribution is 0.304. The van der Waals surface area contributed by atoms with Crippen molar-refractivity contribution in [2.75, 3.05) is 13.6 Å². The molecule has 2 aromatic rings.